The molecule has 1 aliphatic rings. The summed E-state index contributed by atoms with van der Waals surface area (Å²) in [6, 6.07) is 5.13. The molecule has 0 spiro atoms. The van der Waals surface area contributed by atoms with Gasteiger partial charge >= 0.3 is 6.18 Å². The molecule has 2 rings (SSSR count). The summed E-state index contributed by atoms with van der Waals surface area (Å²) in [6.07, 6.45) is -1.04. The zero-order chi connectivity index (χ0) is 16.3. The molecule has 1 aromatic rings. The van der Waals surface area contributed by atoms with E-state index in [2.05, 4.69) is 0 Å². The van der Waals surface area contributed by atoms with Gasteiger partial charge in [-0.2, -0.15) is 13.2 Å². The van der Waals surface area contributed by atoms with Gasteiger partial charge in [-0.05, 0) is 25.0 Å². The first-order valence-electron chi connectivity index (χ1n) is 7.53. The van der Waals surface area contributed by atoms with Crippen LogP contribution in [-0.4, -0.2) is 23.8 Å². The van der Waals surface area contributed by atoms with Gasteiger partial charge in [-0.15, -0.1) is 0 Å². The highest BCUT2D eigenvalue weighted by molar-refractivity contribution is 6.01. The van der Waals surface area contributed by atoms with Gasteiger partial charge in [0.1, 0.15) is 0 Å². The second kappa shape index (κ2) is 6.55. The smallest absolute Gasteiger partial charge is 0.376 e. The lowest BCUT2D eigenvalue weighted by molar-refractivity contribution is -0.137. The number of carbonyl (C=O) groups excluding carboxylic acids is 1. The first kappa shape index (κ1) is 16.6. The zero-order valence-corrected chi connectivity index (χ0v) is 12.8. The third-order valence-corrected chi connectivity index (χ3v) is 3.93. The Morgan fingerprint density at radius 2 is 2.00 bits per heavy atom. The second-order valence-electron chi connectivity index (χ2n) is 5.53. The van der Waals surface area contributed by atoms with Gasteiger partial charge in [0.05, 0.1) is 11.5 Å². The third-order valence-electron chi connectivity index (χ3n) is 3.93. The normalized spacial score (nSPS) is 19.3. The predicted octanol–water partition coefficient (Wildman–Crippen LogP) is 4.38. The Hall–Kier alpha value is -1.78. The number of benzene rings is 1. The Labute approximate surface area is 128 Å². The number of hydrogen-bond acceptors (Lipinski definition) is 2. The van der Waals surface area contributed by atoms with Gasteiger partial charge in [0.2, 0.25) is 0 Å². The summed E-state index contributed by atoms with van der Waals surface area (Å²) in [6.45, 7) is 5.12. The van der Waals surface area contributed by atoms with Gasteiger partial charge < -0.3 is 4.90 Å². The van der Waals surface area contributed by atoms with Crippen LogP contribution in [0.15, 0.2) is 36.0 Å². The van der Waals surface area contributed by atoms with Crippen molar-refractivity contribution in [1.82, 2.24) is 4.90 Å². The molecule has 0 aromatic heterocycles. The van der Waals surface area contributed by atoms with E-state index >= 15 is 0 Å². The van der Waals surface area contributed by atoms with Gasteiger partial charge in [0.25, 0.3) is 0 Å². The summed E-state index contributed by atoms with van der Waals surface area (Å²) in [5, 5.41) is 0. The van der Waals surface area contributed by atoms with Crippen LogP contribution >= 0.6 is 0 Å². The number of rotatable bonds is 4. The van der Waals surface area contributed by atoms with Crippen molar-refractivity contribution in [3.8, 4) is 0 Å². The molecule has 1 unspecified atom stereocenters. The Bertz CT molecular complexity index is 578. The molecule has 0 saturated heterocycles. The van der Waals surface area contributed by atoms with Gasteiger partial charge in [-0.3, -0.25) is 4.79 Å². The lowest BCUT2D eigenvalue weighted by Gasteiger charge is -2.31. The zero-order valence-electron chi connectivity index (χ0n) is 12.8. The maximum atomic E-state index is 12.9. The summed E-state index contributed by atoms with van der Waals surface area (Å²) in [4.78, 5) is 14.6. The molecule has 2 nitrogen and oxygen atoms in total. The molecule has 0 amide bonds. The minimum absolute atomic E-state index is 0.0501. The van der Waals surface area contributed by atoms with Crippen molar-refractivity contribution in [3.05, 3.63) is 47.2 Å². The molecule has 1 atom stereocenters. The number of alkyl halides is 3. The average Bonchev–Trinajstić information content (AvgIpc) is 2.49. The molecule has 1 aromatic carbocycles. The Morgan fingerprint density at radius 3 is 2.59 bits per heavy atom. The standard InChI is InChI=1S/C17H20F3NO/c1-3-6-13-10-21(4-2)11-15(16(13)22)12-7-5-8-14(9-12)17(18,19)20/h5,7-10,15H,3-4,6,11H2,1-2H3. The van der Waals surface area contributed by atoms with E-state index in [0.717, 1.165) is 25.1 Å². The minimum atomic E-state index is -4.39. The van der Waals surface area contributed by atoms with Crippen LogP contribution in [0.25, 0.3) is 0 Å². The molecule has 0 bridgehead atoms. The Balaban J connectivity index is 2.36. The van der Waals surface area contributed by atoms with E-state index in [-0.39, 0.29) is 5.78 Å². The van der Waals surface area contributed by atoms with Crippen LogP contribution in [0.4, 0.5) is 13.2 Å². The van der Waals surface area contributed by atoms with Gasteiger partial charge in [-0.1, -0.05) is 31.5 Å². The number of nitrogens with zero attached hydrogens (tertiary/aromatic N) is 1. The molecule has 1 aliphatic heterocycles. The number of halogens is 3. The maximum absolute atomic E-state index is 12.9. The molecule has 5 heteroatoms. The lowest BCUT2D eigenvalue weighted by atomic mass is 9.85. The highest BCUT2D eigenvalue weighted by Crippen LogP contribution is 2.33. The van der Waals surface area contributed by atoms with Crippen molar-refractivity contribution in [2.24, 2.45) is 0 Å². The van der Waals surface area contributed by atoms with Crippen molar-refractivity contribution in [1.29, 1.82) is 0 Å². The van der Waals surface area contributed by atoms with E-state index in [0.29, 0.717) is 24.1 Å². The van der Waals surface area contributed by atoms with Crippen molar-refractivity contribution < 1.29 is 18.0 Å². The summed E-state index contributed by atoms with van der Waals surface area (Å²) >= 11 is 0. The number of Topliss-reactive ketones (excluding diaryl/α,β-unsaturated/α-hetero) is 1. The van der Waals surface area contributed by atoms with Gasteiger partial charge in [-0.25, -0.2) is 0 Å². The Kier molecular flexibility index (Phi) is 4.94. The van der Waals surface area contributed by atoms with Crippen LogP contribution in [0.2, 0.25) is 0 Å². The first-order chi connectivity index (χ1) is 10.4. The van der Waals surface area contributed by atoms with E-state index in [9.17, 15) is 18.0 Å². The SMILES string of the molecule is CCCC1=CN(CC)CC(c2cccc(C(F)(F)F)c2)C1=O. The van der Waals surface area contributed by atoms with Crippen LogP contribution in [0.1, 0.15) is 43.7 Å². The number of hydrogen-bond donors (Lipinski definition) is 0. The highest BCUT2D eigenvalue weighted by atomic mass is 19.4. The molecule has 1 heterocycles. The third kappa shape index (κ3) is 3.51. The first-order valence-corrected chi connectivity index (χ1v) is 7.53. The molecule has 0 radical (unpaired) electrons. The molecule has 0 aliphatic carbocycles. The number of ketones is 1. The van der Waals surface area contributed by atoms with Crippen LogP contribution in [0, 0.1) is 0 Å². The predicted molar refractivity (Wildman–Crippen MR) is 79.4 cm³/mol. The highest BCUT2D eigenvalue weighted by Gasteiger charge is 2.33. The van der Waals surface area contributed by atoms with Crippen LogP contribution in [0.3, 0.4) is 0 Å². The largest absolute Gasteiger partial charge is 0.416 e. The molecular formula is C17H20F3NO. The molecular weight excluding hydrogens is 291 g/mol. The molecule has 0 saturated carbocycles. The number of likely N-dealkylation sites (N-methyl/N-ethyl adjacent to an activating group) is 1. The number of carbonyl (C=O) groups is 1. The van der Waals surface area contributed by atoms with E-state index in [1.807, 2.05) is 24.9 Å². The summed E-state index contributed by atoms with van der Waals surface area (Å²) in [5.41, 5.74) is 0.449. The van der Waals surface area contributed by atoms with Crippen LogP contribution < -0.4 is 0 Å². The van der Waals surface area contributed by atoms with Crippen molar-refractivity contribution in [3.63, 3.8) is 0 Å². The van der Waals surface area contributed by atoms with Crippen LogP contribution in [-0.2, 0) is 11.0 Å². The van der Waals surface area contributed by atoms with Crippen molar-refractivity contribution in [2.45, 2.75) is 38.8 Å². The molecule has 0 N–H and O–H groups in total. The fraction of sp³-hybridized carbons (Fsp3) is 0.471. The summed E-state index contributed by atoms with van der Waals surface area (Å²) < 4.78 is 38.6. The lowest BCUT2D eigenvalue weighted by Crippen LogP contribution is -2.34. The topological polar surface area (TPSA) is 20.3 Å². The maximum Gasteiger partial charge on any atom is 0.416 e. The fourth-order valence-electron chi connectivity index (χ4n) is 2.74. The quantitative estimate of drug-likeness (QED) is 0.822. The second-order valence-corrected chi connectivity index (χ2v) is 5.53. The minimum Gasteiger partial charge on any atom is -0.376 e. The average molecular weight is 311 g/mol. The summed E-state index contributed by atoms with van der Waals surface area (Å²) in [7, 11) is 0. The van der Waals surface area contributed by atoms with E-state index in [1.165, 1.54) is 6.07 Å². The van der Waals surface area contributed by atoms with E-state index < -0.39 is 17.7 Å². The Morgan fingerprint density at radius 1 is 1.27 bits per heavy atom. The van der Waals surface area contributed by atoms with Gasteiger partial charge in [0, 0.05) is 24.9 Å². The molecule has 22 heavy (non-hydrogen) atoms. The molecule has 0 fully saturated rings. The van der Waals surface area contributed by atoms with E-state index in [1.54, 1.807) is 6.07 Å². The van der Waals surface area contributed by atoms with Crippen LogP contribution in [0.5, 0.6) is 0 Å². The summed E-state index contributed by atoms with van der Waals surface area (Å²) in [5.74, 6) is -0.570. The molecule has 120 valence electrons. The van der Waals surface area contributed by atoms with Gasteiger partial charge in [0.15, 0.2) is 5.78 Å². The van der Waals surface area contributed by atoms with E-state index in [4.69, 9.17) is 0 Å². The number of allylic oxidation sites excluding steroid dienone is 1. The van der Waals surface area contributed by atoms with Crippen molar-refractivity contribution in [2.75, 3.05) is 13.1 Å². The fourth-order valence-corrected chi connectivity index (χ4v) is 2.74. The monoisotopic (exact) mass is 311 g/mol. The van der Waals surface area contributed by atoms with Crippen molar-refractivity contribution >= 4 is 5.78 Å².